The summed E-state index contributed by atoms with van der Waals surface area (Å²) >= 11 is 0. The monoisotopic (exact) mass is 574 g/mol. The van der Waals surface area contributed by atoms with Crippen LogP contribution in [0.4, 0.5) is 0 Å². The number of amides is 2. The zero-order valence-corrected chi connectivity index (χ0v) is 23.9. The minimum Gasteiger partial charge on any atom is -0.508 e. The van der Waals surface area contributed by atoms with Gasteiger partial charge in [0.15, 0.2) is 0 Å². The minimum atomic E-state index is -0.836. The first-order valence-corrected chi connectivity index (χ1v) is 14.7. The number of aliphatic carboxylic acids is 1. The van der Waals surface area contributed by atoms with Gasteiger partial charge >= 0.3 is 5.97 Å². The molecular formula is C33H38N2O7. The number of methoxy groups -OCH3 is 1. The largest absolute Gasteiger partial charge is 0.508 e. The normalized spacial score (nSPS) is 23.8. The Kier molecular flexibility index (Phi) is 9.49. The number of hydrogen-bond donors (Lipinski definition) is 2. The smallest absolute Gasteiger partial charge is 0.303 e. The van der Waals surface area contributed by atoms with E-state index in [0.717, 1.165) is 28.0 Å². The number of rotatable bonds is 13. The van der Waals surface area contributed by atoms with Gasteiger partial charge in [-0.2, -0.15) is 0 Å². The van der Waals surface area contributed by atoms with Crippen molar-refractivity contribution < 1.29 is 34.1 Å². The van der Waals surface area contributed by atoms with Crippen LogP contribution in [0, 0.1) is 17.8 Å². The molecular weight excluding hydrogens is 536 g/mol. The number of aromatic hydroxyl groups is 1. The van der Waals surface area contributed by atoms with Crippen molar-refractivity contribution in [3.05, 3.63) is 71.1 Å². The second-order valence-corrected chi connectivity index (χ2v) is 11.3. The van der Waals surface area contributed by atoms with Crippen molar-refractivity contribution in [3.8, 4) is 5.75 Å². The van der Waals surface area contributed by atoms with Gasteiger partial charge in [-0.25, -0.2) is 0 Å². The van der Waals surface area contributed by atoms with Gasteiger partial charge in [0.05, 0.1) is 36.8 Å². The fourth-order valence-corrected chi connectivity index (χ4v) is 6.67. The second kappa shape index (κ2) is 13.4. The number of phenolic OH excluding ortho intramolecular Hbond substituents is 1. The van der Waals surface area contributed by atoms with Gasteiger partial charge in [-0.3, -0.25) is 24.3 Å². The number of fused-ring (bicyclic) bond motifs is 3. The third kappa shape index (κ3) is 6.47. The molecule has 9 nitrogen and oxygen atoms in total. The zero-order valence-electron chi connectivity index (χ0n) is 23.9. The van der Waals surface area contributed by atoms with Crippen LogP contribution >= 0.6 is 0 Å². The molecule has 2 saturated heterocycles. The van der Waals surface area contributed by atoms with E-state index in [4.69, 9.17) is 14.6 Å². The number of carboxylic acid groups (broad SMARTS) is 1. The molecule has 0 bridgehead atoms. The van der Waals surface area contributed by atoms with E-state index in [-0.39, 0.29) is 36.0 Å². The number of imide groups is 1. The number of nitrogens with zero attached hydrogens (tertiary/aromatic N) is 2. The van der Waals surface area contributed by atoms with Gasteiger partial charge in [-0.1, -0.05) is 24.6 Å². The van der Waals surface area contributed by atoms with Crippen LogP contribution < -0.4 is 0 Å². The summed E-state index contributed by atoms with van der Waals surface area (Å²) in [7, 11) is 1.64. The standard InChI is InChI=1S/C33H38N2O7/c1-41-19-23-18-25-31(33(40)35(32(25)39)16-6-2-3-8-29(37)38)26-20-42-28(30(23)26)14-11-22(27-7-4-5-15-34-27)17-21-9-12-24(36)13-10-21/h4-5,7,9-10,12-13,15,17,25-26,28,31,36H,2-3,6,8,11,14,16,18-20H2,1H3,(H,37,38)/b22-17-/t25-,26+,28-,31-/m1/s1. The average Bonchev–Trinajstić information content (AvgIpc) is 3.51. The molecule has 2 aliphatic heterocycles. The Balaban J connectivity index is 1.32. The van der Waals surface area contributed by atoms with E-state index in [0.29, 0.717) is 58.3 Å². The molecule has 222 valence electrons. The minimum absolute atomic E-state index is 0.0911. The highest BCUT2D eigenvalue weighted by Gasteiger charge is 2.56. The van der Waals surface area contributed by atoms with Crippen molar-refractivity contribution in [1.82, 2.24) is 9.88 Å². The summed E-state index contributed by atoms with van der Waals surface area (Å²) in [6, 6.07) is 12.9. The van der Waals surface area contributed by atoms with E-state index in [1.807, 2.05) is 30.3 Å². The molecule has 2 fully saturated rings. The lowest BCUT2D eigenvalue weighted by atomic mass is 9.69. The molecule has 1 aromatic heterocycles. The van der Waals surface area contributed by atoms with E-state index in [1.165, 1.54) is 4.90 Å². The predicted octanol–water partition coefficient (Wildman–Crippen LogP) is 4.72. The number of benzene rings is 1. The Morgan fingerprint density at radius 3 is 2.60 bits per heavy atom. The van der Waals surface area contributed by atoms with Crippen molar-refractivity contribution in [2.75, 3.05) is 26.9 Å². The number of phenols is 1. The van der Waals surface area contributed by atoms with Crippen molar-refractivity contribution in [2.24, 2.45) is 17.8 Å². The number of carboxylic acids is 1. The molecule has 2 N–H and O–H groups in total. The average molecular weight is 575 g/mol. The molecule has 0 spiro atoms. The predicted molar refractivity (Wildman–Crippen MR) is 156 cm³/mol. The lowest BCUT2D eigenvalue weighted by Gasteiger charge is -2.31. The first-order chi connectivity index (χ1) is 20.4. The summed E-state index contributed by atoms with van der Waals surface area (Å²) < 4.78 is 11.9. The van der Waals surface area contributed by atoms with Crippen molar-refractivity contribution >= 4 is 29.4 Å². The Morgan fingerprint density at radius 1 is 1.07 bits per heavy atom. The van der Waals surface area contributed by atoms with Gasteiger partial charge in [0.2, 0.25) is 11.8 Å². The van der Waals surface area contributed by atoms with Gasteiger partial charge in [-0.15, -0.1) is 0 Å². The summed E-state index contributed by atoms with van der Waals surface area (Å²) in [6.07, 6.45) is 7.38. The van der Waals surface area contributed by atoms with E-state index in [9.17, 15) is 19.5 Å². The lowest BCUT2D eigenvalue weighted by Crippen LogP contribution is -2.35. The van der Waals surface area contributed by atoms with Gasteiger partial charge in [-0.05, 0) is 84.7 Å². The second-order valence-electron chi connectivity index (χ2n) is 11.3. The number of allylic oxidation sites excluding steroid dienone is 1. The van der Waals surface area contributed by atoms with Crippen LogP contribution in [-0.4, -0.2) is 70.9 Å². The summed E-state index contributed by atoms with van der Waals surface area (Å²) in [5, 5.41) is 18.6. The number of hydrogen-bond acceptors (Lipinski definition) is 7. The topological polar surface area (TPSA) is 126 Å². The third-order valence-corrected chi connectivity index (χ3v) is 8.59. The summed E-state index contributed by atoms with van der Waals surface area (Å²) in [6.45, 7) is 1.11. The molecule has 0 unspecified atom stereocenters. The van der Waals surface area contributed by atoms with Crippen LogP contribution in [0.3, 0.4) is 0 Å². The van der Waals surface area contributed by atoms with Crippen LogP contribution in [0.15, 0.2) is 59.8 Å². The van der Waals surface area contributed by atoms with Gasteiger partial charge in [0.1, 0.15) is 5.75 Å². The highest BCUT2D eigenvalue weighted by Crippen LogP contribution is 2.50. The molecule has 1 aliphatic carbocycles. The number of likely N-dealkylation sites (tertiary alicyclic amines) is 1. The summed E-state index contributed by atoms with van der Waals surface area (Å²) in [5.41, 5.74) is 5.02. The molecule has 3 aliphatic rings. The van der Waals surface area contributed by atoms with Crippen LogP contribution in [0.5, 0.6) is 5.75 Å². The summed E-state index contributed by atoms with van der Waals surface area (Å²) in [5.74, 6) is -1.89. The molecule has 3 heterocycles. The zero-order chi connectivity index (χ0) is 29.6. The van der Waals surface area contributed by atoms with E-state index >= 15 is 0 Å². The van der Waals surface area contributed by atoms with Gasteiger partial charge in [0.25, 0.3) is 0 Å². The van der Waals surface area contributed by atoms with Gasteiger partial charge in [0, 0.05) is 32.2 Å². The molecule has 1 aromatic carbocycles. The van der Waals surface area contributed by atoms with Crippen LogP contribution in [-0.2, 0) is 23.9 Å². The van der Waals surface area contributed by atoms with E-state index in [1.54, 1.807) is 25.4 Å². The molecule has 2 amide bonds. The molecule has 0 radical (unpaired) electrons. The quantitative estimate of drug-likeness (QED) is 0.200. The fourth-order valence-electron chi connectivity index (χ4n) is 6.67. The lowest BCUT2D eigenvalue weighted by molar-refractivity contribution is -0.141. The first kappa shape index (κ1) is 29.7. The van der Waals surface area contributed by atoms with Crippen LogP contribution in [0.1, 0.15) is 56.2 Å². The number of pyridine rings is 1. The third-order valence-electron chi connectivity index (χ3n) is 8.59. The number of unbranched alkanes of at least 4 members (excludes halogenated alkanes) is 2. The van der Waals surface area contributed by atoms with Crippen molar-refractivity contribution in [1.29, 1.82) is 0 Å². The Labute approximate surface area is 245 Å². The first-order valence-electron chi connectivity index (χ1n) is 14.7. The van der Waals surface area contributed by atoms with Crippen LogP contribution in [0.25, 0.3) is 11.6 Å². The van der Waals surface area contributed by atoms with E-state index < -0.39 is 17.8 Å². The SMILES string of the molecule is COCC1=C2[C@@H](CC/C(=C/c3ccc(O)cc3)c3ccccn3)OC[C@@H]2[C@@H]2C(=O)N(CCCCCC(=O)O)C(=O)[C@@H]2C1. The number of carbonyl (C=O) groups is 3. The highest BCUT2D eigenvalue weighted by molar-refractivity contribution is 6.06. The van der Waals surface area contributed by atoms with E-state index in [2.05, 4.69) is 11.1 Å². The Hall–Kier alpha value is -3.82. The van der Waals surface area contributed by atoms with Crippen molar-refractivity contribution in [2.45, 2.75) is 51.0 Å². The Bertz CT molecular complexity index is 1350. The van der Waals surface area contributed by atoms with Crippen LogP contribution in [0.2, 0.25) is 0 Å². The van der Waals surface area contributed by atoms with Gasteiger partial charge < -0.3 is 19.7 Å². The molecule has 2 aromatic rings. The fraction of sp³-hybridized carbons (Fsp3) is 0.455. The maximum atomic E-state index is 13.6. The van der Waals surface area contributed by atoms with Crippen molar-refractivity contribution in [3.63, 3.8) is 0 Å². The summed E-state index contributed by atoms with van der Waals surface area (Å²) in [4.78, 5) is 43.7. The molecule has 42 heavy (non-hydrogen) atoms. The maximum absolute atomic E-state index is 13.6. The number of ether oxygens (including phenoxy) is 2. The molecule has 9 heteroatoms. The molecule has 4 atom stereocenters. The highest BCUT2D eigenvalue weighted by atomic mass is 16.5. The number of aromatic nitrogens is 1. The number of carbonyl (C=O) groups excluding carboxylic acids is 2. The maximum Gasteiger partial charge on any atom is 0.303 e. The molecule has 5 rings (SSSR count). The molecule has 0 saturated carbocycles. The Morgan fingerprint density at radius 2 is 1.88 bits per heavy atom.